The van der Waals surface area contributed by atoms with E-state index in [0.717, 1.165) is 93.4 Å². The summed E-state index contributed by atoms with van der Waals surface area (Å²) in [5, 5.41) is 24.5. The monoisotopic (exact) mass is 960 g/mol. The van der Waals surface area contributed by atoms with Crippen molar-refractivity contribution in [3.05, 3.63) is 196 Å². The summed E-state index contributed by atoms with van der Waals surface area (Å²) in [6.07, 6.45) is -6.81. The van der Waals surface area contributed by atoms with Crippen LogP contribution in [0.2, 0.25) is 0 Å². The third-order valence-corrected chi connectivity index (χ3v) is 11.6. The minimum atomic E-state index is -4.56. The van der Waals surface area contributed by atoms with Gasteiger partial charge in [0.1, 0.15) is 0 Å². The van der Waals surface area contributed by atoms with Crippen molar-refractivity contribution >= 4 is 28.5 Å². The average molecular weight is 962 g/mol. The molecule has 0 spiro atoms. The van der Waals surface area contributed by atoms with Crippen LogP contribution in [-0.4, -0.2) is 78.3 Å². The van der Waals surface area contributed by atoms with E-state index in [0.29, 0.717) is 17.6 Å². The van der Waals surface area contributed by atoms with Crippen LogP contribution < -0.4 is 16.1 Å². The molecule has 2 aliphatic rings. The first-order chi connectivity index (χ1) is 30.7. The Morgan fingerprint density at radius 2 is 0.938 bits per heavy atom. The number of nitrogens with zero attached hydrogens (tertiary/aromatic N) is 2. The van der Waals surface area contributed by atoms with Crippen LogP contribution in [0.3, 0.4) is 0 Å². The number of hydrogen-bond donors (Lipinski definition) is 4. The molecule has 0 radical (unpaired) electrons. The van der Waals surface area contributed by atoms with E-state index >= 15 is 0 Å². The number of benzene rings is 6. The molecule has 0 aliphatic carbocycles. The molecule has 0 aromatic heterocycles. The summed E-state index contributed by atoms with van der Waals surface area (Å²) in [5.41, 5.74) is 3.91. The molecule has 6 nitrogen and oxygen atoms in total. The fraction of sp³-hybridized carbons (Fsp3) is 0.294. The molecule has 2 saturated heterocycles. The first-order valence-electron chi connectivity index (χ1n) is 21.2. The van der Waals surface area contributed by atoms with Gasteiger partial charge in [-0.2, -0.15) is 26.3 Å². The topological polar surface area (TPSA) is 71.0 Å². The Balaban J connectivity index is 0.000000197. The zero-order valence-electron chi connectivity index (χ0n) is 35.2. The smallest absolute Gasteiger partial charge is 0.423 e. The van der Waals surface area contributed by atoms with Crippen molar-refractivity contribution in [1.29, 1.82) is 0 Å². The molecular formula is C51H56BBrF6N4O2. The van der Waals surface area contributed by atoms with E-state index in [2.05, 4.69) is 115 Å². The molecule has 4 N–H and O–H groups in total. The summed E-state index contributed by atoms with van der Waals surface area (Å²) in [4.78, 5) is 4.95. The maximum absolute atomic E-state index is 13.3. The minimum absolute atomic E-state index is 0. The Bertz CT molecular complexity index is 2300. The van der Waals surface area contributed by atoms with E-state index in [1.807, 2.05) is 18.2 Å². The van der Waals surface area contributed by atoms with Crippen molar-refractivity contribution in [1.82, 2.24) is 20.4 Å². The molecule has 6 aromatic carbocycles. The van der Waals surface area contributed by atoms with E-state index < -0.39 is 36.1 Å². The highest BCUT2D eigenvalue weighted by Crippen LogP contribution is 2.37. The van der Waals surface area contributed by atoms with Gasteiger partial charge in [0.25, 0.3) is 0 Å². The van der Waals surface area contributed by atoms with Crippen LogP contribution in [-0.2, 0) is 38.3 Å². The van der Waals surface area contributed by atoms with E-state index in [-0.39, 0.29) is 13.0 Å². The molecule has 344 valence electrons. The third kappa shape index (κ3) is 16.2. The summed E-state index contributed by atoms with van der Waals surface area (Å²) >= 11 is 3.49. The molecule has 8 rings (SSSR count). The van der Waals surface area contributed by atoms with Crippen molar-refractivity contribution in [3.8, 4) is 11.1 Å². The molecule has 0 saturated carbocycles. The predicted molar refractivity (Wildman–Crippen MR) is 253 cm³/mol. The summed E-state index contributed by atoms with van der Waals surface area (Å²) in [5.74, 6) is 0. The number of halogens is 7. The van der Waals surface area contributed by atoms with Crippen molar-refractivity contribution in [2.24, 2.45) is 0 Å². The van der Waals surface area contributed by atoms with Gasteiger partial charge in [-0.15, -0.1) is 0 Å². The zero-order valence-corrected chi connectivity index (χ0v) is 36.8. The van der Waals surface area contributed by atoms with Gasteiger partial charge in [0.2, 0.25) is 0 Å². The van der Waals surface area contributed by atoms with E-state index in [4.69, 9.17) is 10.0 Å². The second kappa shape index (κ2) is 24.7. The van der Waals surface area contributed by atoms with Crippen LogP contribution in [0.4, 0.5) is 26.3 Å². The average Bonchev–Trinajstić information content (AvgIpc) is 3.28. The molecule has 0 unspecified atom stereocenters. The van der Waals surface area contributed by atoms with Gasteiger partial charge in [0.05, 0.1) is 11.1 Å². The number of hydrogen-bond acceptors (Lipinski definition) is 6. The number of nitrogens with one attached hydrogen (secondary N) is 2. The van der Waals surface area contributed by atoms with Gasteiger partial charge in [-0.3, -0.25) is 9.80 Å². The molecule has 65 heavy (non-hydrogen) atoms. The fourth-order valence-corrected chi connectivity index (χ4v) is 8.27. The summed E-state index contributed by atoms with van der Waals surface area (Å²) < 4.78 is 77.6. The van der Waals surface area contributed by atoms with E-state index in [9.17, 15) is 26.3 Å². The highest BCUT2D eigenvalue weighted by molar-refractivity contribution is 9.10. The molecule has 2 aliphatic heterocycles. The van der Waals surface area contributed by atoms with Crippen LogP contribution >= 0.6 is 15.9 Å². The van der Waals surface area contributed by atoms with Crippen LogP contribution in [0.1, 0.15) is 40.8 Å². The number of alkyl halides is 6. The van der Waals surface area contributed by atoms with Crippen LogP contribution in [0.15, 0.2) is 162 Å². The Hall–Kier alpha value is -4.80. The molecule has 2 heterocycles. The Kier molecular flexibility index (Phi) is 19.4. The molecule has 6 aromatic rings. The van der Waals surface area contributed by atoms with Crippen LogP contribution in [0.25, 0.3) is 11.1 Å². The first kappa shape index (κ1) is 51.2. The normalized spacial score (nSPS) is 16.8. The Morgan fingerprint density at radius 3 is 1.38 bits per heavy atom. The lowest BCUT2D eigenvalue weighted by Crippen LogP contribution is -2.51. The van der Waals surface area contributed by atoms with Gasteiger partial charge in [0.15, 0.2) is 0 Å². The van der Waals surface area contributed by atoms with Gasteiger partial charge in [-0.1, -0.05) is 163 Å². The van der Waals surface area contributed by atoms with E-state index in [1.54, 1.807) is 18.2 Å². The first-order valence-corrected chi connectivity index (χ1v) is 22.0. The maximum Gasteiger partial charge on any atom is 0.489 e. The summed E-state index contributed by atoms with van der Waals surface area (Å²) in [6.45, 7) is 8.01. The van der Waals surface area contributed by atoms with Crippen molar-refractivity contribution in [2.75, 3.05) is 39.3 Å². The zero-order chi connectivity index (χ0) is 45.5. The Labute approximate surface area is 387 Å². The quantitative estimate of drug-likeness (QED) is 0.0811. The minimum Gasteiger partial charge on any atom is -0.423 e. The summed E-state index contributed by atoms with van der Waals surface area (Å²) in [6, 6.07) is 48.4. The highest BCUT2D eigenvalue weighted by Gasteiger charge is 2.36. The summed E-state index contributed by atoms with van der Waals surface area (Å²) in [7, 11) is -2.10. The lowest BCUT2D eigenvalue weighted by atomic mass is 9.77. The predicted octanol–water partition coefficient (Wildman–Crippen LogP) is 9.88. The Morgan fingerprint density at radius 1 is 0.523 bits per heavy atom. The third-order valence-electron chi connectivity index (χ3n) is 11.1. The largest absolute Gasteiger partial charge is 0.489 e. The molecule has 14 heteroatoms. The van der Waals surface area contributed by atoms with Crippen molar-refractivity contribution < 1.29 is 36.4 Å². The van der Waals surface area contributed by atoms with Crippen LogP contribution in [0, 0.1) is 0 Å². The van der Waals surface area contributed by atoms with Gasteiger partial charge in [-0.05, 0) is 69.9 Å². The second-order valence-electron chi connectivity index (χ2n) is 16.0. The fourth-order valence-electron chi connectivity index (χ4n) is 8.00. The molecule has 0 amide bonds. The number of rotatable bonds is 10. The van der Waals surface area contributed by atoms with Gasteiger partial charge >= 0.3 is 19.5 Å². The molecule has 0 bridgehead atoms. The lowest BCUT2D eigenvalue weighted by molar-refractivity contribution is -0.137. The van der Waals surface area contributed by atoms with Crippen molar-refractivity contribution in [3.63, 3.8) is 0 Å². The lowest BCUT2D eigenvalue weighted by Gasteiger charge is -2.34. The van der Waals surface area contributed by atoms with E-state index in [1.165, 1.54) is 41.0 Å². The molecular weight excluding hydrogens is 905 g/mol. The molecule has 2 fully saturated rings. The molecule has 2 atom stereocenters. The van der Waals surface area contributed by atoms with Gasteiger partial charge in [0, 0.05) is 68.9 Å². The SMILES string of the molecule is Brc1ccc(CN2CCN[C@@H](Cc3ccccc3)C2)cc1.C.FC(F)(F)c1ccccc1-c1ccc(CN2CCN[C@@H](Cc3ccccc3)C2)cc1.OB(O)c1ccccc1C(F)(F)F. The second-order valence-corrected chi connectivity index (χ2v) is 16.9. The van der Waals surface area contributed by atoms with Crippen molar-refractivity contribution in [2.45, 2.75) is 57.8 Å². The highest BCUT2D eigenvalue weighted by atomic mass is 79.9. The van der Waals surface area contributed by atoms with Gasteiger partial charge < -0.3 is 20.7 Å². The number of piperazine rings is 2. The maximum atomic E-state index is 13.3. The standard InChI is InChI=1S/C25H25F3N2.C18H21BrN2.C7H6BF3O2.CH4/c26-25(27,28)24-9-5-4-8-23(24)21-12-10-20(11-13-21)17-30-15-14-29-22(18-30)16-19-6-2-1-3-7-19;19-17-8-6-16(7-9-17)13-21-11-10-20-18(14-21)12-15-4-2-1-3-5-15;9-7(10,11)5-3-1-2-4-6(5)8(12)13;/h1-13,22,29H,14-18H2;1-9,18,20H,10-14H2;1-4,12-13H;1H4/t22-;18-;;/m00../s1. The van der Waals surface area contributed by atoms with Crippen LogP contribution in [0.5, 0.6) is 0 Å². The van der Waals surface area contributed by atoms with Gasteiger partial charge in [-0.25, -0.2) is 0 Å².